The molecule has 0 radical (unpaired) electrons. The lowest BCUT2D eigenvalue weighted by Gasteiger charge is -2.31. The lowest BCUT2D eigenvalue weighted by atomic mass is 10.0. The van der Waals surface area contributed by atoms with Gasteiger partial charge in [-0.25, -0.2) is 0 Å². The molecule has 3 aliphatic rings. The Morgan fingerprint density at radius 3 is 2.71 bits per heavy atom. The van der Waals surface area contributed by atoms with Gasteiger partial charge < -0.3 is 15.3 Å². The van der Waals surface area contributed by atoms with Gasteiger partial charge in [-0.3, -0.25) is 19.8 Å². The summed E-state index contributed by atoms with van der Waals surface area (Å²) in [5, 5.41) is 16.3. The molecule has 24 heavy (non-hydrogen) atoms. The van der Waals surface area contributed by atoms with Crippen LogP contribution in [-0.4, -0.2) is 54.0 Å². The number of hydrogen-bond acceptors (Lipinski definition) is 6. The Kier molecular flexibility index (Phi) is 3.99. The first kappa shape index (κ1) is 15.6. The Morgan fingerprint density at radius 1 is 1.17 bits per heavy atom. The molecule has 0 aliphatic carbocycles. The number of hydrogen-bond donors (Lipinski definition) is 3. The van der Waals surface area contributed by atoms with Crippen LogP contribution in [0, 0.1) is 0 Å². The SMILES string of the molecule is O=C1CC[C@H](N2Cc3cc(N4CCNCC4)ccc3C2O)C(=O)N1. The minimum Gasteiger partial charge on any atom is -0.374 e. The molecule has 0 aromatic heterocycles. The summed E-state index contributed by atoms with van der Waals surface area (Å²) in [7, 11) is 0. The Morgan fingerprint density at radius 2 is 1.96 bits per heavy atom. The summed E-state index contributed by atoms with van der Waals surface area (Å²) in [5.74, 6) is -0.538. The second-order valence-corrected chi connectivity index (χ2v) is 6.63. The number of benzene rings is 1. The van der Waals surface area contributed by atoms with Crippen molar-refractivity contribution in [3.63, 3.8) is 0 Å². The third-order valence-electron chi connectivity index (χ3n) is 5.16. The van der Waals surface area contributed by atoms with E-state index >= 15 is 0 Å². The molecule has 2 saturated heterocycles. The zero-order valence-corrected chi connectivity index (χ0v) is 13.5. The number of fused-ring (bicyclic) bond motifs is 1. The molecule has 7 nitrogen and oxygen atoms in total. The quantitative estimate of drug-likeness (QED) is 0.646. The van der Waals surface area contributed by atoms with Crippen LogP contribution in [0.1, 0.15) is 30.2 Å². The van der Waals surface area contributed by atoms with E-state index in [0.717, 1.165) is 43.0 Å². The van der Waals surface area contributed by atoms with Crippen LogP contribution in [0.15, 0.2) is 18.2 Å². The number of carbonyl (C=O) groups is 2. The summed E-state index contributed by atoms with van der Waals surface area (Å²) in [6, 6.07) is 5.67. The summed E-state index contributed by atoms with van der Waals surface area (Å²) in [5.41, 5.74) is 3.08. The van der Waals surface area contributed by atoms with Crippen molar-refractivity contribution < 1.29 is 14.7 Å². The lowest BCUT2D eigenvalue weighted by Crippen LogP contribution is -2.51. The molecule has 3 N–H and O–H groups in total. The van der Waals surface area contributed by atoms with Crippen LogP contribution in [0.4, 0.5) is 5.69 Å². The van der Waals surface area contributed by atoms with Gasteiger partial charge in [0.1, 0.15) is 6.23 Å². The molecule has 2 amide bonds. The van der Waals surface area contributed by atoms with Crippen molar-refractivity contribution in [2.75, 3.05) is 31.1 Å². The first-order chi connectivity index (χ1) is 11.6. The van der Waals surface area contributed by atoms with Crippen molar-refractivity contribution in [1.82, 2.24) is 15.5 Å². The van der Waals surface area contributed by atoms with E-state index in [2.05, 4.69) is 21.6 Å². The highest BCUT2D eigenvalue weighted by Gasteiger charge is 2.39. The number of rotatable bonds is 2. The normalized spacial score (nSPS) is 28.0. The standard InChI is InChI=1S/C17H22N4O3/c22-15-4-3-14(16(23)19-15)21-10-11-9-12(1-2-13(11)17(21)24)20-7-5-18-6-8-20/h1-2,9,14,17-18,24H,3-8,10H2,(H,19,22,23)/t14-,17?/m0/s1. The largest absolute Gasteiger partial charge is 0.374 e. The molecule has 0 spiro atoms. The fourth-order valence-electron chi connectivity index (χ4n) is 3.84. The van der Waals surface area contributed by atoms with E-state index in [1.54, 1.807) is 4.90 Å². The predicted molar refractivity (Wildman–Crippen MR) is 88.2 cm³/mol. The van der Waals surface area contributed by atoms with Crippen LogP contribution >= 0.6 is 0 Å². The molecule has 0 saturated carbocycles. The van der Waals surface area contributed by atoms with Crippen molar-refractivity contribution in [2.45, 2.75) is 31.7 Å². The van der Waals surface area contributed by atoms with Gasteiger partial charge in [0, 0.05) is 50.4 Å². The van der Waals surface area contributed by atoms with Gasteiger partial charge in [-0.15, -0.1) is 0 Å². The summed E-state index contributed by atoms with van der Waals surface area (Å²) in [4.78, 5) is 27.5. The van der Waals surface area contributed by atoms with Crippen LogP contribution in [0.25, 0.3) is 0 Å². The van der Waals surface area contributed by atoms with Crippen LogP contribution in [0.2, 0.25) is 0 Å². The average Bonchev–Trinajstić information content (AvgIpc) is 2.92. The molecule has 1 aromatic carbocycles. The van der Waals surface area contributed by atoms with E-state index in [4.69, 9.17) is 0 Å². The zero-order chi connectivity index (χ0) is 16.7. The molecule has 2 fully saturated rings. The molecule has 7 heteroatoms. The maximum absolute atomic E-state index is 12.1. The van der Waals surface area contributed by atoms with Gasteiger partial charge in [0.2, 0.25) is 11.8 Å². The number of carbonyl (C=O) groups excluding carboxylic acids is 2. The monoisotopic (exact) mass is 330 g/mol. The Balaban J connectivity index is 1.54. The molecular weight excluding hydrogens is 308 g/mol. The third kappa shape index (κ3) is 2.68. The minimum absolute atomic E-state index is 0.233. The Hall–Kier alpha value is -1.96. The Bertz CT molecular complexity index is 672. The predicted octanol–water partition coefficient (Wildman–Crippen LogP) is -0.292. The number of imide groups is 1. The van der Waals surface area contributed by atoms with Gasteiger partial charge in [-0.1, -0.05) is 6.07 Å². The highest BCUT2D eigenvalue weighted by molar-refractivity contribution is 6.00. The first-order valence-electron chi connectivity index (χ1n) is 8.49. The number of amides is 2. The van der Waals surface area contributed by atoms with Gasteiger partial charge in [0.25, 0.3) is 0 Å². The Labute approximate surface area is 140 Å². The zero-order valence-electron chi connectivity index (χ0n) is 13.5. The van der Waals surface area contributed by atoms with Crippen molar-refractivity contribution in [2.24, 2.45) is 0 Å². The number of anilines is 1. The van der Waals surface area contributed by atoms with E-state index in [-0.39, 0.29) is 11.8 Å². The highest BCUT2D eigenvalue weighted by Crippen LogP contribution is 2.37. The van der Waals surface area contributed by atoms with Gasteiger partial charge in [-0.05, 0) is 24.1 Å². The van der Waals surface area contributed by atoms with E-state index in [0.29, 0.717) is 19.4 Å². The molecule has 3 heterocycles. The number of piperidine rings is 1. The van der Waals surface area contributed by atoms with Crippen LogP contribution < -0.4 is 15.5 Å². The molecule has 128 valence electrons. The average molecular weight is 330 g/mol. The minimum atomic E-state index is -0.791. The summed E-state index contributed by atoms with van der Waals surface area (Å²) in [6.07, 6.45) is -0.0106. The second kappa shape index (κ2) is 6.16. The van der Waals surface area contributed by atoms with Crippen molar-refractivity contribution in [3.8, 4) is 0 Å². The smallest absolute Gasteiger partial charge is 0.244 e. The molecule has 4 rings (SSSR count). The fraction of sp³-hybridized carbons (Fsp3) is 0.529. The number of nitrogens with one attached hydrogen (secondary N) is 2. The lowest BCUT2D eigenvalue weighted by molar-refractivity contribution is -0.141. The topological polar surface area (TPSA) is 84.9 Å². The van der Waals surface area contributed by atoms with E-state index < -0.39 is 12.3 Å². The van der Waals surface area contributed by atoms with Crippen molar-refractivity contribution in [1.29, 1.82) is 0 Å². The number of aliphatic hydroxyl groups excluding tert-OH is 1. The number of nitrogens with zero attached hydrogens (tertiary/aromatic N) is 2. The molecule has 2 atom stereocenters. The fourth-order valence-corrected chi connectivity index (χ4v) is 3.84. The maximum atomic E-state index is 12.1. The van der Waals surface area contributed by atoms with Gasteiger partial charge in [0.05, 0.1) is 6.04 Å². The van der Waals surface area contributed by atoms with Gasteiger partial charge in [0.15, 0.2) is 0 Å². The highest BCUT2D eigenvalue weighted by atomic mass is 16.3. The molecule has 0 bridgehead atoms. The molecule has 3 aliphatic heterocycles. The first-order valence-corrected chi connectivity index (χ1v) is 8.49. The van der Waals surface area contributed by atoms with Crippen LogP contribution in [0.3, 0.4) is 0 Å². The molecule has 1 unspecified atom stereocenters. The summed E-state index contributed by atoms with van der Waals surface area (Å²) >= 11 is 0. The summed E-state index contributed by atoms with van der Waals surface area (Å²) < 4.78 is 0. The maximum Gasteiger partial charge on any atom is 0.244 e. The number of piperazine rings is 1. The molecule has 1 aromatic rings. The van der Waals surface area contributed by atoms with E-state index in [1.807, 2.05) is 12.1 Å². The second-order valence-electron chi connectivity index (χ2n) is 6.63. The summed E-state index contributed by atoms with van der Waals surface area (Å²) in [6.45, 7) is 4.42. The van der Waals surface area contributed by atoms with Crippen LogP contribution in [-0.2, 0) is 16.1 Å². The van der Waals surface area contributed by atoms with Crippen LogP contribution in [0.5, 0.6) is 0 Å². The van der Waals surface area contributed by atoms with Gasteiger partial charge in [-0.2, -0.15) is 0 Å². The van der Waals surface area contributed by atoms with E-state index in [1.165, 1.54) is 0 Å². The van der Waals surface area contributed by atoms with E-state index in [9.17, 15) is 14.7 Å². The van der Waals surface area contributed by atoms with Crippen molar-refractivity contribution in [3.05, 3.63) is 29.3 Å². The third-order valence-corrected chi connectivity index (χ3v) is 5.16. The van der Waals surface area contributed by atoms with Crippen molar-refractivity contribution >= 4 is 17.5 Å². The van der Waals surface area contributed by atoms with Gasteiger partial charge >= 0.3 is 0 Å². The molecular formula is C17H22N4O3. The number of aliphatic hydroxyl groups is 1.